The van der Waals surface area contributed by atoms with Gasteiger partial charge in [0.15, 0.2) is 0 Å². The molecule has 0 aliphatic carbocycles. The molecule has 0 radical (unpaired) electrons. The van der Waals surface area contributed by atoms with Crippen molar-refractivity contribution in [1.29, 1.82) is 0 Å². The number of aromatic nitrogens is 2. The summed E-state index contributed by atoms with van der Waals surface area (Å²) in [5.41, 5.74) is 0.0248. The number of benzene rings is 2. The minimum atomic E-state index is -0.498. The Labute approximate surface area is 208 Å². The van der Waals surface area contributed by atoms with Gasteiger partial charge in [-0.05, 0) is 53.5 Å². The fraction of sp³-hybridized carbons (Fsp3) is 0.348. The van der Waals surface area contributed by atoms with E-state index in [1.54, 1.807) is 18.2 Å². The second kappa shape index (κ2) is 9.72. The van der Waals surface area contributed by atoms with Crippen LogP contribution in [-0.2, 0) is 5.41 Å². The summed E-state index contributed by atoms with van der Waals surface area (Å²) < 4.78 is 8.18. The molecule has 1 atom stereocenters. The average Bonchev–Trinajstić information content (AvgIpc) is 2.73. The summed E-state index contributed by atoms with van der Waals surface area (Å²) in [7, 11) is 0. The van der Waals surface area contributed by atoms with Crippen molar-refractivity contribution >= 4 is 54.7 Å². The number of ether oxygens (including phenoxy) is 1. The normalized spacial score (nSPS) is 12.9. The van der Waals surface area contributed by atoms with Crippen LogP contribution in [0.15, 0.2) is 49.2 Å². The molecule has 10 heteroatoms. The van der Waals surface area contributed by atoms with Gasteiger partial charge in [-0.1, -0.05) is 43.6 Å². The SMILES string of the molecule is CC[C@H](C)Oc1c(Br)cc(C=Nn2c(C(C)(C)C)nc3ccc(Br)cc3c2=O)cc1[N+](=O)[O-]. The van der Waals surface area contributed by atoms with E-state index in [-0.39, 0.29) is 23.1 Å². The number of hydrogen-bond acceptors (Lipinski definition) is 6. The van der Waals surface area contributed by atoms with Gasteiger partial charge in [-0.2, -0.15) is 9.78 Å². The highest BCUT2D eigenvalue weighted by Gasteiger charge is 2.24. The van der Waals surface area contributed by atoms with Crippen LogP contribution in [0.1, 0.15) is 52.4 Å². The minimum absolute atomic E-state index is 0.163. The van der Waals surface area contributed by atoms with Gasteiger partial charge in [0.2, 0.25) is 5.75 Å². The summed E-state index contributed by atoms with van der Waals surface area (Å²) in [5, 5.41) is 16.5. The number of halogens is 2. The molecule has 0 aliphatic rings. The molecule has 0 N–H and O–H groups in total. The molecule has 0 bridgehead atoms. The van der Waals surface area contributed by atoms with Crippen molar-refractivity contribution in [2.45, 2.75) is 52.6 Å². The molecule has 0 unspecified atom stereocenters. The van der Waals surface area contributed by atoms with Crippen molar-refractivity contribution in [3.63, 3.8) is 0 Å². The van der Waals surface area contributed by atoms with Gasteiger partial charge in [-0.3, -0.25) is 14.9 Å². The van der Waals surface area contributed by atoms with Crippen LogP contribution < -0.4 is 10.3 Å². The second-order valence-electron chi connectivity index (χ2n) is 8.65. The van der Waals surface area contributed by atoms with Crippen molar-refractivity contribution in [3.8, 4) is 5.75 Å². The number of fused-ring (bicyclic) bond motifs is 1. The Hall–Kier alpha value is -2.59. The molecule has 0 saturated heterocycles. The third-order valence-electron chi connectivity index (χ3n) is 4.94. The Balaban J connectivity index is 2.17. The van der Waals surface area contributed by atoms with Crippen LogP contribution >= 0.6 is 31.9 Å². The number of rotatable bonds is 6. The zero-order chi connectivity index (χ0) is 24.5. The molecule has 1 aromatic heterocycles. The lowest BCUT2D eigenvalue weighted by Crippen LogP contribution is -2.29. The van der Waals surface area contributed by atoms with E-state index >= 15 is 0 Å². The lowest BCUT2D eigenvalue weighted by atomic mass is 9.95. The van der Waals surface area contributed by atoms with Crippen LogP contribution in [0.25, 0.3) is 10.9 Å². The highest BCUT2D eigenvalue weighted by atomic mass is 79.9. The standard InChI is InChI=1S/C23H24Br2N4O4/c1-6-13(2)33-20-17(25)9-14(10-19(20)29(31)32)12-26-28-21(30)16-11-15(24)7-8-18(16)27-22(28)23(3,4)5/h7-13H,6H2,1-5H3/t13-/m0/s1. The van der Waals surface area contributed by atoms with Gasteiger partial charge in [-0.15, -0.1) is 0 Å². The van der Waals surface area contributed by atoms with Crippen molar-refractivity contribution in [3.05, 3.63) is 71.1 Å². The molecule has 1 heterocycles. The van der Waals surface area contributed by atoms with Gasteiger partial charge in [-0.25, -0.2) is 4.98 Å². The van der Waals surface area contributed by atoms with Crippen LogP contribution in [0.3, 0.4) is 0 Å². The molecule has 8 nitrogen and oxygen atoms in total. The molecular weight excluding hydrogens is 556 g/mol. The van der Waals surface area contributed by atoms with Crippen LogP contribution in [0.2, 0.25) is 0 Å². The Kier molecular flexibility index (Phi) is 7.38. The fourth-order valence-corrected chi connectivity index (χ4v) is 4.00. The van der Waals surface area contributed by atoms with E-state index in [0.29, 0.717) is 33.2 Å². The summed E-state index contributed by atoms with van der Waals surface area (Å²) in [6, 6.07) is 8.35. The van der Waals surface area contributed by atoms with Crippen LogP contribution in [0, 0.1) is 10.1 Å². The third-order valence-corrected chi connectivity index (χ3v) is 6.02. The van der Waals surface area contributed by atoms with E-state index in [2.05, 4.69) is 41.9 Å². The van der Waals surface area contributed by atoms with Gasteiger partial charge in [0.05, 0.1) is 32.6 Å². The smallest absolute Gasteiger partial charge is 0.312 e. The number of nitro groups is 1. The average molecular weight is 580 g/mol. The molecular formula is C23H24Br2N4O4. The predicted octanol–water partition coefficient (Wildman–Crippen LogP) is 6.19. The lowest BCUT2D eigenvalue weighted by molar-refractivity contribution is -0.386. The van der Waals surface area contributed by atoms with Crippen molar-refractivity contribution < 1.29 is 9.66 Å². The number of nitro benzene ring substituents is 1. The first kappa shape index (κ1) is 25.0. The molecule has 3 aromatic rings. The van der Waals surface area contributed by atoms with Crippen LogP contribution in [0.5, 0.6) is 5.75 Å². The van der Waals surface area contributed by atoms with Gasteiger partial charge < -0.3 is 4.74 Å². The molecule has 3 rings (SSSR count). The maximum absolute atomic E-state index is 13.3. The third kappa shape index (κ3) is 5.50. The van der Waals surface area contributed by atoms with E-state index in [0.717, 1.165) is 4.47 Å². The van der Waals surface area contributed by atoms with E-state index in [9.17, 15) is 14.9 Å². The predicted molar refractivity (Wildman–Crippen MR) is 137 cm³/mol. The van der Waals surface area contributed by atoms with E-state index < -0.39 is 10.3 Å². The Morgan fingerprint density at radius 1 is 1.27 bits per heavy atom. The largest absolute Gasteiger partial charge is 0.483 e. The van der Waals surface area contributed by atoms with Gasteiger partial charge in [0.1, 0.15) is 5.82 Å². The molecule has 0 spiro atoms. The zero-order valence-corrected chi connectivity index (χ0v) is 22.1. The topological polar surface area (TPSA) is 99.6 Å². The first-order valence-corrected chi connectivity index (χ1v) is 11.9. The van der Waals surface area contributed by atoms with E-state index in [1.165, 1.54) is 17.0 Å². The second-order valence-corrected chi connectivity index (χ2v) is 10.4. The van der Waals surface area contributed by atoms with Gasteiger partial charge in [0, 0.05) is 21.5 Å². The maximum Gasteiger partial charge on any atom is 0.312 e. The van der Waals surface area contributed by atoms with Crippen LogP contribution in [-0.4, -0.2) is 26.9 Å². The Morgan fingerprint density at radius 2 is 1.97 bits per heavy atom. The quantitative estimate of drug-likeness (QED) is 0.197. The molecule has 0 aliphatic heterocycles. The van der Waals surface area contributed by atoms with Crippen molar-refractivity contribution in [1.82, 2.24) is 9.66 Å². The fourth-order valence-electron chi connectivity index (χ4n) is 3.08. The number of nitrogens with zero attached hydrogens (tertiary/aromatic N) is 4. The summed E-state index contributed by atoms with van der Waals surface area (Å²) in [4.78, 5) is 29.1. The molecule has 174 valence electrons. The summed E-state index contributed by atoms with van der Waals surface area (Å²) in [6.07, 6.45) is 1.93. The van der Waals surface area contributed by atoms with E-state index in [1.807, 2.05) is 40.7 Å². The first-order chi connectivity index (χ1) is 15.4. The van der Waals surface area contributed by atoms with Gasteiger partial charge >= 0.3 is 5.69 Å². The Morgan fingerprint density at radius 3 is 2.58 bits per heavy atom. The summed E-state index contributed by atoms with van der Waals surface area (Å²) in [5.74, 6) is 0.639. The minimum Gasteiger partial charge on any atom is -0.483 e. The lowest BCUT2D eigenvalue weighted by Gasteiger charge is -2.21. The van der Waals surface area contributed by atoms with Crippen molar-refractivity contribution in [2.75, 3.05) is 0 Å². The van der Waals surface area contributed by atoms with Crippen LogP contribution in [0.4, 0.5) is 5.69 Å². The summed E-state index contributed by atoms with van der Waals surface area (Å²) >= 11 is 6.76. The van der Waals surface area contributed by atoms with Gasteiger partial charge in [0.25, 0.3) is 5.56 Å². The molecule has 33 heavy (non-hydrogen) atoms. The highest BCUT2D eigenvalue weighted by Crippen LogP contribution is 2.37. The zero-order valence-electron chi connectivity index (χ0n) is 18.9. The Bertz CT molecular complexity index is 1310. The monoisotopic (exact) mass is 578 g/mol. The molecule has 0 fully saturated rings. The highest BCUT2D eigenvalue weighted by molar-refractivity contribution is 9.10. The molecule has 0 amide bonds. The maximum atomic E-state index is 13.3. The molecule has 2 aromatic carbocycles. The summed E-state index contributed by atoms with van der Waals surface area (Å²) in [6.45, 7) is 9.60. The number of hydrogen-bond donors (Lipinski definition) is 0. The first-order valence-electron chi connectivity index (χ1n) is 10.3. The van der Waals surface area contributed by atoms with Crippen molar-refractivity contribution in [2.24, 2.45) is 5.10 Å². The van der Waals surface area contributed by atoms with E-state index in [4.69, 9.17) is 4.74 Å². The molecule has 0 saturated carbocycles.